The van der Waals surface area contributed by atoms with E-state index in [9.17, 15) is 5.11 Å². The summed E-state index contributed by atoms with van der Waals surface area (Å²) in [6.45, 7) is 0.996. The van der Waals surface area contributed by atoms with Gasteiger partial charge in [-0.15, -0.1) is 0 Å². The number of phenolic OH excluding ortho intramolecular Hbond substituents is 1. The number of hydrogen-bond donors (Lipinski definition) is 2. The fourth-order valence-electron chi connectivity index (χ4n) is 3.18. The molecule has 122 valence electrons. The Morgan fingerprint density at radius 1 is 0.957 bits per heavy atom. The van der Waals surface area contributed by atoms with Crippen molar-refractivity contribution in [3.63, 3.8) is 0 Å². The van der Waals surface area contributed by atoms with E-state index in [4.69, 9.17) is 14.2 Å². The van der Waals surface area contributed by atoms with Crippen LogP contribution in [0.3, 0.4) is 0 Å². The lowest BCUT2D eigenvalue weighted by molar-refractivity contribution is -0.690. The van der Waals surface area contributed by atoms with Gasteiger partial charge in [-0.05, 0) is 35.9 Å². The molecule has 0 aromatic heterocycles. The third-order valence-corrected chi connectivity index (χ3v) is 4.36. The molecular formula is C18H22NO4+. The number of phenols is 1. The van der Waals surface area contributed by atoms with Crippen LogP contribution >= 0.6 is 0 Å². The molecule has 5 nitrogen and oxygen atoms in total. The van der Waals surface area contributed by atoms with Crippen LogP contribution in [0.1, 0.15) is 22.7 Å². The standard InChI is InChI=1S/C18H21NO4/c1-21-15-9-12(4-5-14(15)20)18-13-10-17(23-3)16(22-2)8-11(13)6-7-19-18/h4-5,8-10,18-20H,6-7H2,1-3H3/p+1/t18-/m0/s1. The highest BCUT2D eigenvalue weighted by Crippen LogP contribution is 2.37. The summed E-state index contributed by atoms with van der Waals surface area (Å²) in [6, 6.07) is 9.76. The molecule has 3 rings (SSSR count). The molecule has 23 heavy (non-hydrogen) atoms. The summed E-state index contributed by atoms with van der Waals surface area (Å²) in [7, 11) is 4.86. The average molecular weight is 316 g/mol. The van der Waals surface area contributed by atoms with Gasteiger partial charge in [0.1, 0.15) is 6.04 Å². The first-order valence-corrected chi connectivity index (χ1v) is 7.63. The van der Waals surface area contributed by atoms with Crippen LogP contribution in [0.15, 0.2) is 30.3 Å². The Morgan fingerprint density at radius 3 is 2.35 bits per heavy atom. The molecule has 1 heterocycles. The highest BCUT2D eigenvalue weighted by Gasteiger charge is 2.27. The number of aromatic hydroxyl groups is 1. The fraction of sp³-hybridized carbons (Fsp3) is 0.333. The van der Waals surface area contributed by atoms with Crippen molar-refractivity contribution in [1.29, 1.82) is 0 Å². The smallest absolute Gasteiger partial charge is 0.161 e. The van der Waals surface area contributed by atoms with Crippen molar-refractivity contribution in [3.8, 4) is 23.0 Å². The molecule has 0 aliphatic carbocycles. The van der Waals surface area contributed by atoms with Crippen molar-refractivity contribution in [3.05, 3.63) is 47.0 Å². The maximum Gasteiger partial charge on any atom is 0.161 e. The molecule has 0 spiro atoms. The lowest BCUT2D eigenvalue weighted by atomic mass is 9.89. The van der Waals surface area contributed by atoms with Gasteiger partial charge in [0.2, 0.25) is 0 Å². The van der Waals surface area contributed by atoms with E-state index in [0.717, 1.165) is 30.0 Å². The highest BCUT2D eigenvalue weighted by atomic mass is 16.5. The summed E-state index contributed by atoms with van der Waals surface area (Å²) in [5, 5.41) is 12.1. The molecule has 0 fully saturated rings. The van der Waals surface area contributed by atoms with Gasteiger partial charge in [0.05, 0.1) is 27.9 Å². The number of nitrogens with two attached hydrogens (primary N) is 1. The molecule has 0 unspecified atom stereocenters. The monoisotopic (exact) mass is 316 g/mol. The largest absolute Gasteiger partial charge is 0.504 e. The third kappa shape index (κ3) is 2.80. The molecule has 3 N–H and O–H groups in total. The van der Waals surface area contributed by atoms with Crippen LogP contribution in [-0.2, 0) is 6.42 Å². The summed E-state index contributed by atoms with van der Waals surface area (Å²) in [4.78, 5) is 0. The Hall–Kier alpha value is -2.40. The van der Waals surface area contributed by atoms with Crippen LogP contribution in [0, 0.1) is 0 Å². The summed E-state index contributed by atoms with van der Waals surface area (Å²) >= 11 is 0. The summed E-state index contributed by atoms with van der Waals surface area (Å²) in [5.41, 5.74) is 3.57. The second kappa shape index (κ2) is 6.38. The maximum atomic E-state index is 9.81. The topological polar surface area (TPSA) is 64.5 Å². The minimum Gasteiger partial charge on any atom is -0.504 e. The Labute approximate surface area is 135 Å². The Morgan fingerprint density at radius 2 is 1.65 bits per heavy atom. The molecule has 0 bridgehead atoms. The molecular weight excluding hydrogens is 294 g/mol. The van der Waals surface area contributed by atoms with E-state index in [2.05, 4.69) is 11.4 Å². The highest BCUT2D eigenvalue weighted by molar-refractivity contribution is 5.52. The minimum atomic E-state index is 0.146. The Kier molecular flexibility index (Phi) is 4.30. The molecule has 0 saturated carbocycles. The van der Waals surface area contributed by atoms with Crippen molar-refractivity contribution in [2.45, 2.75) is 12.5 Å². The summed E-state index contributed by atoms with van der Waals surface area (Å²) in [6.07, 6.45) is 0.988. The van der Waals surface area contributed by atoms with Gasteiger partial charge in [-0.1, -0.05) is 0 Å². The van der Waals surface area contributed by atoms with Crippen LogP contribution in [-0.4, -0.2) is 33.0 Å². The number of hydrogen-bond acceptors (Lipinski definition) is 4. The number of fused-ring (bicyclic) bond motifs is 1. The van der Waals surface area contributed by atoms with Crippen molar-refractivity contribution >= 4 is 0 Å². The van der Waals surface area contributed by atoms with E-state index >= 15 is 0 Å². The lowest BCUT2D eigenvalue weighted by Gasteiger charge is -2.26. The molecule has 1 atom stereocenters. The molecule has 2 aromatic carbocycles. The molecule has 0 radical (unpaired) electrons. The normalized spacial score (nSPS) is 16.6. The van der Waals surface area contributed by atoms with Crippen molar-refractivity contribution in [1.82, 2.24) is 0 Å². The second-order valence-electron chi connectivity index (χ2n) is 5.59. The summed E-state index contributed by atoms with van der Waals surface area (Å²) in [5.74, 6) is 2.13. The van der Waals surface area contributed by atoms with Gasteiger partial charge in [-0.2, -0.15) is 0 Å². The molecule has 0 saturated heterocycles. The lowest BCUT2D eigenvalue weighted by Crippen LogP contribution is -2.87. The SMILES string of the molecule is COc1cc([C@@H]2[NH2+]CCc3cc(OC)c(OC)cc32)ccc1O. The van der Waals surface area contributed by atoms with Crippen LogP contribution < -0.4 is 19.5 Å². The summed E-state index contributed by atoms with van der Waals surface area (Å²) < 4.78 is 16.1. The van der Waals surface area contributed by atoms with Gasteiger partial charge in [0, 0.05) is 17.5 Å². The van der Waals surface area contributed by atoms with Crippen molar-refractivity contribution < 1.29 is 24.6 Å². The average Bonchev–Trinajstić information content (AvgIpc) is 2.60. The van der Waals surface area contributed by atoms with Crippen LogP contribution in [0.2, 0.25) is 0 Å². The number of methoxy groups -OCH3 is 3. The molecule has 1 aliphatic heterocycles. The quantitative estimate of drug-likeness (QED) is 0.900. The van der Waals surface area contributed by atoms with Gasteiger partial charge in [-0.3, -0.25) is 0 Å². The first-order valence-electron chi connectivity index (χ1n) is 7.63. The maximum absolute atomic E-state index is 9.81. The second-order valence-corrected chi connectivity index (χ2v) is 5.59. The first kappa shape index (κ1) is 15.5. The number of quaternary nitrogens is 1. The van der Waals surface area contributed by atoms with E-state index in [0.29, 0.717) is 5.75 Å². The molecule has 0 amide bonds. The zero-order valence-corrected chi connectivity index (χ0v) is 13.6. The zero-order valence-electron chi connectivity index (χ0n) is 13.6. The third-order valence-electron chi connectivity index (χ3n) is 4.36. The zero-order chi connectivity index (χ0) is 16.4. The van der Waals surface area contributed by atoms with E-state index < -0.39 is 0 Å². The molecule has 1 aliphatic rings. The van der Waals surface area contributed by atoms with Crippen LogP contribution in [0.25, 0.3) is 0 Å². The first-order chi connectivity index (χ1) is 11.2. The Balaban J connectivity index is 2.07. The van der Waals surface area contributed by atoms with Gasteiger partial charge < -0.3 is 24.6 Å². The van der Waals surface area contributed by atoms with Crippen molar-refractivity contribution in [2.75, 3.05) is 27.9 Å². The number of ether oxygens (including phenoxy) is 3. The van der Waals surface area contributed by atoms with Crippen LogP contribution in [0.4, 0.5) is 0 Å². The van der Waals surface area contributed by atoms with Crippen molar-refractivity contribution in [2.24, 2.45) is 0 Å². The predicted molar refractivity (Wildman–Crippen MR) is 86.5 cm³/mol. The van der Waals surface area contributed by atoms with Gasteiger partial charge in [0.15, 0.2) is 23.0 Å². The van der Waals surface area contributed by atoms with E-state index in [1.165, 1.54) is 11.1 Å². The van der Waals surface area contributed by atoms with Gasteiger partial charge in [-0.25, -0.2) is 0 Å². The van der Waals surface area contributed by atoms with Gasteiger partial charge >= 0.3 is 0 Å². The minimum absolute atomic E-state index is 0.146. The van der Waals surface area contributed by atoms with Gasteiger partial charge in [0.25, 0.3) is 0 Å². The number of benzene rings is 2. The molecule has 2 aromatic rings. The van der Waals surface area contributed by atoms with E-state index in [1.54, 1.807) is 27.4 Å². The van der Waals surface area contributed by atoms with Crippen LogP contribution in [0.5, 0.6) is 23.0 Å². The molecule has 5 heteroatoms. The Bertz CT molecular complexity index is 714. The predicted octanol–water partition coefficient (Wildman–Crippen LogP) is 1.63. The van der Waals surface area contributed by atoms with E-state index in [-0.39, 0.29) is 11.8 Å². The number of rotatable bonds is 4. The van der Waals surface area contributed by atoms with E-state index in [1.807, 2.05) is 18.2 Å². The fourth-order valence-corrected chi connectivity index (χ4v) is 3.18.